The van der Waals surface area contributed by atoms with Gasteiger partial charge in [-0.05, 0) is 61.4 Å². The van der Waals surface area contributed by atoms with Gasteiger partial charge in [0.15, 0.2) is 16.4 Å². The average Bonchev–Trinajstić information content (AvgIpc) is 2.58. The van der Waals surface area contributed by atoms with Gasteiger partial charge in [-0.15, -0.1) is 0 Å². The summed E-state index contributed by atoms with van der Waals surface area (Å²) in [4.78, 5) is 12.0. The summed E-state index contributed by atoms with van der Waals surface area (Å²) in [6, 6.07) is 9.06. The quantitative estimate of drug-likeness (QED) is 0.604. The van der Waals surface area contributed by atoms with Gasteiger partial charge in [-0.1, -0.05) is 6.07 Å². The Morgan fingerprint density at radius 1 is 1.15 bits per heavy atom. The Kier molecular flexibility index (Phi) is 5.18. The molecule has 8 heteroatoms. The molecule has 0 aromatic heterocycles. The topological polar surface area (TPSA) is 84.5 Å². The number of fused-ring (bicyclic) bond motifs is 1. The average molecular weight is 390 g/mol. The van der Waals surface area contributed by atoms with Crippen molar-refractivity contribution < 1.29 is 22.3 Å². The van der Waals surface area contributed by atoms with E-state index >= 15 is 0 Å². The highest BCUT2D eigenvalue weighted by Gasteiger charge is 2.25. The monoisotopic (exact) mass is 390 g/mol. The Morgan fingerprint density at radius 2 is 1.85 bits per heavy atom. The molecule has 0 fully saturated rings. The number of aryl methyl sites for hydroxylation is 2. The van der Waals surface area contributed by atoms with Crippen molar-refractivity contribution in [2.75, 3.05) is 12.4 Å². The van der Waals surface area contributed by atoms with Gasteiger partial charge in [-0.25, -0.2) is 12.8 Å². The molecule has 1 heterocycles. The van der Waals surface area contributed by atoms with Gasteiger partial charge >= 0.3 is 0 Å². The molecule has 1 amide bonds. The van der Waals surface area contributed by atoms with Crippen LogP contribution < -0.4 is 15.6 Å². The van der Waals surface area contributed by atoms with E-state index in [-0.39, 0.29) is 22.8 Å². The molecule has 0 spiro atoms. The second-order valence-corrected chi connectivity index (χ2v) is 8.33. The normalized spacial score (nSPS) is 14.7. The molecule has 0 saturated heterocycles. The summed E-state index contributed by atoms with van der Waals surface area (Å²) in [5.74, 6) is -0.675. The van der Waals surface area contributed by atoms with Crippen LogP contribution in [0.3, 0.4) is 0 Å². The summed E-state index contributed by atoms with van der Waals surface area (Å²) in [5, 5.41) is 0. The molecule has 0 saturated carbocycles. The molecular weight excluding hydrogens is 371 g/mol. The van der Waals surface area contributed by atoms with Crippen LogP contribution in [0.1, 0.15) is 16.7 Å². The lowest BCUT2D eigenvalue weighted by molar-refractivity contribution is -0.123. The van der Waals surface area contributed by atoms with Crippen LogP contribution in [0.5, 0.6) is 5.75 Å². The molecule has 142 valence electrons. The van der Waals surface area contributed by atoms with Crippen molar-refractivity contribution in [1.29, 1.82) is 0 Å². The lowest BCUT2D eigenvalue weighted by Crippen LogP contribution is -2.40. The van der Waals surface area contributed by atoms with Crippen molar-refractivity contribution in [3.63, 3.8) is 0 Å². The largest absolute Gasteiger partial charge is 0.484 e. The van der Waals surface area contributed by atoms with Crippen LogP contribution in [0.15, 0.2) is 47.4 Å². The number of amides is 1. The van der Waals surface area contributed by atoms with Crippen LogP contribution in [-0.4, -0.2) is 26.7 Å². The van der Waals surface area contributed by atoms with Crippen LogP contribution in [0.2, 0.25) is 0 Å². The molecule has 27 heavy (non-hydrogen) atoms. The first-order valence-electron chi connectivity index (χ1n) is 8.23. The van der Waals surface area contributed by atoms with Crippen LogP contribution in [0.25, 0.3) is 5.70 Å². The van der Waals surface area contributed by atoms with Gasteiger partial charge < -0.3 is 4.74 Å². The highest BCUT2D eigenvalue weighted by Crippen LogP contribution is 2.28. The Morgan fingerprint density at radius 3 is 2.56 bits per heavy atom. The fraction of sp³-hybridized carbons (Fsp3) is 0.211. The molecule has 2 aromatic rings. The summed E-state index contributed by atoms with van der Waals surface area (Å²) in [6.45, 7) is 3.64. The maximum Gasteiger partial charge on any atom is 0.276 e. The van der Waals surface area contributed by atoms with Crippen molar-refractivity contribution in [2.45, 2.75) is 18.7 Å². The maximum atomic E-state index is 13.5. The van der Waals surface area contributed by atoms with Crippen LogP contribution in [-0.2, 0) is 14.6 Å². The van der Waals surface area contributed by atoms with Crippen molar-refractivity contribution in [3.05, 3.63) is 65.0 Å². The number of hydrazine groups is 1. The van der Waals surface area contributed by atoms with Gasteiger partial charge in [-0.3, -0.25) is 15.6 Å². The molecule has 1 aliphatic rings. The summed E-state index contributed by atoms with van der Waals surface area (Å²) in [5.41, 5.74) is 7.64. The number of ether oxygens (including phenoxy) is 1. The third kappa shape index (κ3) is 4.46. The second kappa shape index (κ2) is 7.40. The third-order valence-corrected chi connectivity index (χ3v) is 5.61. The van der Waals surface area contributed by atoms with Gasteiger partial charge in [0.2, 0.25) is 0 Å². The Bertz CT molecular complexity index is 1010. The number of carbonyl (C=O) groups is 1. The summed E-state index contributed by atoms with van der Waals surface area (Å²) in [6.07, 6.45) is 1.39. The van der Waals surface area contributed by atoms with E-state index in [1.165, 1.54) is 12.1 Å². The van der Waals surface area contributed by atoms with Gasteiger partial charge in [-0.2, -0.15) is 0 Å². The highest BCUT2D eigenvalue weighted by atomic mass is 32.2. The van der Waals surface area contributed by atoms with Crippen molar-refractivity contribution in [2.24, 2.45) is 0 Å². The standard InChI is InChI=1S/C19H19FN2O4S/c1-12-7-13(2)9-15(8-12)26-11-19(23)22-21-17-5-6-27(24,25)18-4-3-14(20)10-16(17)18/h3-5,7-10,21H,6,11H2,1-2H3,(H,22,23). The van der Waals surface area contributed by atoms with E-state index in [9.17, 15) is 17.6 Å². The molecule has 6 nitrogen and oxygen atoms in total. The smallest absolute Gasteiger partial charge is 0.276 e. The summed E-state index contributed by atoms with van der Waals surface area (Å²) < 4.78 is 43.2. The summed E-state index contributed by atoms with van der Waals surface area (Å²) >= 11 is 0. The second-order valence-electron chi connectivity index (χ2n) is 6.32. The fourth-order valence-corrected chi connectivity index (χ4v) is 4.18. The first-order valence-corrected chi connectivity index (χ1v) is 9.88. The minimum atomic E-state index is -3.51. The van der Waals surface area contributed by atoms with Crippen molar-refractivity contribution >= 4 is 21.4 Å². The molecule has 0 atom stereocenters. The molecule has 0 bridgehead atoms. The highest BCUT2D eigenvalue weighted by molar-refractivity contribution is 7.91. The van der Waals surface area contributed by atoms with Crippen LogP contribution in [0, 0.1) is 19.7 Å². The molecule has 3 rings (SSSR count). The maximum absolute atomic E-state index is 13.5. The number of rotatable bonds is 5. The molecule has 0 aliphatic carbocycles. The SMILES string of the molecule is Cc1cc(C)cc(OCC(=O)NNC2=CCS(=O)(=O)c3ccc(F)cc32)c1. The molecule has 0 radical (unpaired) electrons. The van der Waals surface area contributed by atoms with Gasteiger partial charge in [0.1, 0.15) is 11.6 Å². The van der Waals surface area contributed by atoms with E-state index in [0.717, 1.165) is 23.3 Å². The van der Waals surface area contributed by atoms with Crippen LogP contribution >= 0.6 is 0 Å². The zero-order chi connectivity index (χ0) is 19.6. The van der Waals surface area contributed by atoms with E-state index in [1.807, 2.05) is 32.0 Å². The molecule has 1 aliphatic heterocycles. The number of sulfone groups is 1. The minimum absolute atomic E-state index is 0.0228. The first kappa shape index (κ1) is 18.9. The van der Waals surface area contributed by atoms with Gasteiger partial charge in [0.05, 0.1) is 16.3 Å². The van der Waals surface area contributed by atoms with E-state index in [2.05, 4.69) is 10.9 Å². The van der Waals surface area contributed by atoms with Gasteiger partial charge in [0, 0.05) is 5.56 Å². The van der Waals surface area contributed by atoms with Gasteiger partial charge in [0.25, 0.3) is 5.91 Å². The number of halogens is 1. The Hall–Kier alpha value is -2.87. The molecule has 0 unspecified atom stereocenters. The Balaban J connectivity index is 1.64. The Labute approximate surface area is 156 Å². The van der Waals surface area contributed by atoms with Crippen LogP contribution in [0.4, 0.5) is 4.39 Å². The van der Waals surface area contributed by atoms with E-state index < -0.39 is 21.6 Å². The summed E-state index contributed by atoms with van der Waals surface area (Å²) in [7, 11) is -3.51. The number of hydrogen-bond donors (Lipinski definition) is 2. The van der Waals surface area contributed by atoms with E-state index in [1.54, 1.807) is 0 Å². The predicted molar refractivity (Wildman–Crippen MR) is 99.1 cm³/mol. The lowest BCUT2D eigenvalue weighted by Gasteiger charge is -2.20. The fourth-order valence-electron chi connectivity index (χ4n) is 2.83. The third-order valence-electron chi connectivity index (χ3n) is 3.98. The molecule has 2 aromatic carbocycles. The molecule has 2 N–H and O–H groups in total. The van der Waals surface area contributed by atoms with Crippen molar-refractivity contribution in [1.82, 2.24) is 10.9 Å². The molecular formula is C19H19FN2O4S. The van der Waals surface area contributed by atoms with E-state index in [0.29, 0.717) is 11.4 Å². The number of hydrogen-bond acceptors (Lipinski definition) is 5. The van der Waals surface area contributed by atoms with E-state index in [4.69, 9.17) is 4.74 Å². The zero-order valence-corrected chi connectivity index (χ0v) is 15.7. The number of carbonyl (C=O) groups excluding carboxylic acids is 1. The lowest BCUT2D eigenvalue weighted by atomic mass is 10.1. The number of nitrogens with one attached hydrogen (secondary N) is 2. The first-order chi connectivity index (χ1) is 12.7. The predicted octanol–water partition coefficient (Wildman–Crippen LogP) is 2.27. The minimum Gasteiger partial charge on any atom is -0.484 e. The number of benzene rings is 2. The van der Waals surface area contributed by atoms with Crippen molar-refractivity contribution in [3.8, 4) is 5.75 Å². The zero-order valence-electron chi connectivity index (χ0n) is 14.9.